The van der Waals surface area contributed by atoms with E-state index in [9.17, 15) is 4.79 Å². The van der Waals surface area contributed by atoms with Crippen LogP contribution in [0.1, 0.15) is 16.7 Å². The summed E-state index contributed by atoms with van der Waals surface area (Å²) >= 11 is 1.70. The van der Waals surface area contributed by atoms with E-state index in [0.29, 0.717) is 6.54 Å². The van der Waals surface area contributed by atoms with E-state index in [1.54, 1.807) is 17.8 Å². The molecule has 0 bridgehead atoms. The summed E-state index contributed by atoms with van der Waals surface area (Å²) < 4.78 is 0. The highest BCUT2D eigenvalue weighted by Gasteiger charge is 1.98. The zero-order valence-corrected chi connectivity index (χ0v) is 14.0. The van der Waals surface area contributed by atoms with Gasteiger partial charge in [0, 0.05) is 17.5 Å². The summed E-state index contributed by atoms with van der Waals surface area (Å²) in [4.78, 5) is 13.0. The third-order valence-corrected chi connectivity index (χ3v) is 4.20. The van der Waals surface area contributed by atoms with E-state index in [1.807, 2.05) is 60.9 Å². The van der Waals surface area contributed by atoms with Gasteiger partial charge in [0.1, 0.15) is 0 Å². The fourth-order valence-electron chi connectivity index (χ4n) is 2.09. The van der Waals surface area contributed by atoms with Gasteiger partial charge in [0.05, 0.1) is 6.61 Å². The number of nitrogens with one attached hydrogen (secondary N) is 1. The molecular weight excluding hydrogens is 306 g/mol. The summed E-state index contributed by atoms with van der Waals surface area (Å²) in [6, 6.07) is 15.8. The molecule has 2 N–H and O–H groups in total. The molecule has 0 radical (unpaired) electrons. The molecule has 1 amide bonds. The van der Waals surface area contributed by atoms with E-state index >= 15 is 0 Å². The molecule has 0 heterocycles. The summed E-state index contributed by atoms with van der Waals surface area (Å²) in [5, 5.41) is 11.9. The molecule has 0 aromatic heterocycles. The number of thioether (sulfide) groups is 1. The quantitative estimate of drug-likeness (QED) is 0.606. The van der Waals surface area contributed by atoms with Gasteiger partial charge in [-0.15, -0.1) is 11.8 Å². The lowest BCUT2D eigenvalue weighted by atomic mass is 10.1. The lowest BCUT2D eigenvalue weighted by molar-refractivity contribution is -0.116. The Kier molecular flexibility index (Phi) is 6.91. The first-order chi connectivity index (χ1) is 11.2. The summed E-state index contributed by atoms with van der Waals surface area (Å²) in [7, 11) is 0. The Morgan fingerprint density at radius 2 is 1.74 bits per heavy atom. The van der Waals surface area contributed by atoms with Crippen LogP contribution in [-0.2, 0) is 17.8 Å². The highest BCUT2D eigenvalue weighted by Crippen LogP contribution is 2.15. The van der Waals surface area contributed by atoms with Crippen molar-refractivity contribution in [3.63, 3.8) is 0 Å². The maximum absolute atomic E-state index is 11.8. The summed E-state index contributed by atoms with van der Waals surface area (Å²) in [5.74, 6) is -0.0917. The van der Waals surface area contributed by atoms with Gasteiger partial charge >= 0.3 is 0 Å². The molecule has 2 aromatic carbocycles. The van der Waals surface area contributed by atoms with E-state index in [4.69, 9.17) is 5.11 Å². The smallest absolute Gasteiger partial charge is 0.244 e. The van der Waals surface area contributed by atoms with Crippen molar-refractivity contribution in [2.75, 3.05) is 12.8 Å². The van der Waals surface area contributed by atoms with Crippen molar-refractivity contribution in [3.8, 4) is 0 Å². The van der Waals surface area contributed by atoms with E-state index in [2.05, 4.69) is 5.32 Å². The molecule has 120 valence electrons. The third kappa shape index (κ3) is 5.93. The van der Waals surface area contributed by atoms with Gasteiger partial charge in [-0.05, 0) is 47.6 Å². The number of amides is 1. The topological polar surface area (TPSA) is 49.3 Å². The maximum atomic E-state index is 11.8. The van der Waals surface area contributed by atoms with E-state index in [-0.39, 0.29) is 12.5 Å². The molecule has 0 atom stereocenters. The lowest BCUT2D eigenvalue weighted by Crippen LogP contribution is -2.23. The van der Waals surface area contributed by atoms with Crippen LogP contribution in [0.15, 0.2) is 59.5 Å². The average Bonchev–Trinajstić information content (AvgIpc) is 2.61. The van der Waals surface area contributed by atoms with Gasteiger partial charge < -0.3 is 10.4 Å². The van der Waals surface area contributed by atoms with Crippen molar-refractivity contribution >= 4 is 23.7 Å². The average molecular weight is 327 g/mol. The molecule has 4 heteroatoms. The second-order valence-corrected chi connectivity index (χ2v) is 6.00. The van der Waals surface area contributed by atoms with Gasteiger partial charge in [0.2, 0.25) is 5.91 Å². The minimum atomic E-state index is -0.0917. The molecule has 0 saturated carbocycles. The molecule has 0 fully saturated rings. The SMILES string of the molecule is CSc1ccc(/C=C/C(=O)NCCc2ccc(CO)cc2)cc1. The number of hydrogen-bond acceptors (Lipinski definition) is 3. The fraction of sp³-hybridized carbons (Fsp3) is 0.211. The van der Waals surface area contributed by atoms with Crippen molar-refractivity contribution < 1.29 is 9.90 Å². The monoisotopic (exact) mass is 327 g/mol. The predicted octanol–water partition coefficient (Wildman–Crippen LogP) is 3.27. The summed E-state index contributed by atoms with van der Waals surface area (Å²) in [6.45, 7) is 0.646. The number of aliphatic hydroxyl groups is 1. The highest BCUT2D eigenvalue weighted by atomic mass is 32.2. The second-order valence-electron chi connectivity index (χ2n) is 5.12. The van der Waals surface area contributed by atoms with Crippen LogP contribution in [0.5, 0.6) is 0 Å². The van der Waals surface area contributed by atoms with Gasteiger partial charge in [-0.1, -0.05) is 36.4 Å². The molecule has 0 saturated heterocycles. The second kappa shape index (κ2) is 9.18. The van der Waals surface area contributed by atoms with Crippen molar-refractivity contribution in [1.29, 1.82) is 0 Å². The molecule has 0 aliphatic rings. The minimum absolute atomic E-state index is 0.0553. The number of benzene rings is 2. The molecule has 2 rings (SSSR count). The molecule has 0 spiro atoms. The van der Waals surface area contributed by atoms with Crippen LogP contribution >= 0.6 is 11.8 Å². The number of rotatable bonds is 7. The Labute approximate surface area is 141 Å². The standard InChI is InChI=1S/C19H21NO2S/c1-23-18-9-6-15(7-10-18)8-11-19(22)20-13-12-16-2-4-17(14-21)5-3-16/h2-11,21H,12-14H2,1H3,(H,20,22)/b11-8+. The van der Waals surface area contributed by atoms with Crippen LogP contribution in [0, 0.1) is 0 Å². The Morgan fingerprint density at radius 1 is 1.09 bits per heavy atom. The lowest BCUT2D eigenvalue weighted by Gasteiger charge is -2.04. The first kappa shape index (κ1) is 17.3. The molecule has 2 aromatic rings. The van der Waals surface area contributed by atoms with Crippen LogP contribution in [0.4, 0.5) is 0 Å². The van der Waals surface area contributed by atoms with Crippen molar-refractivity contribution in [2.45, 2.75) is 17.9 Å². The van der Waals surface area contributed by atoms with Gasteiger partial charge in [-0.25, -0.2) is 0 Å². The predicted molar refractivity (Wildman–Crippen MR) is 96.3 cm³/mol. The Hall–Kier alpha value is -2.04. The van der Waals surface area contributed by atoms with Crippen molar-refractivity contribution in [3.05, 3.63) is 71.3 Å². The van der Waals surface area contributed by atoms with Gasteiger partial charge in [-0.2, -0.15) is 0 Å². The summed E-state index contributed by atoms with van der Waals surface area (Å²) in [5.41, 5.74) is 3.05. The van der Waals surface area contributed by atoms with E-state index in [0.717, 1.165) is 23.1 Å². The molecule has 23 heavy (non-hydrogen) atoms. The Balaban J connectivity index is 1.76. The third-order valence-electron chi connectivity index (χ3n) is 3.46. The van der Waals surface area contributed by atoms with Crippen LogP contribution in [-0.4, -0.2) is 23.8 Å². The van der Waals surface area contributed by atoms with Gasteiger partial charge in [-0.3, -0.25) is 4.79 Å². The van der Waals surface area contributed by atoms with Crippen LogP contribution in [0.25, 0.3) is 6.08 Å². The number of carbonyl (C=O) groups is 1. The summed E-state index contributed by atoms with van der Waals surface area (Å²) in [6.07, 6.45) is 6.18. The highest BCUT2D eigenvalue weighted by molar-refractivity contribution is 7.98. The first-order valence-corrected chi connectivity index (χ1v) is 8.72. The zero-order chi connectivity index (χ0) is 16.5. The molecule has 0 unspecified atom stereocenters. The van der Waals surface area contributed by atoms with Crippen LogP contribution in [0.2, 0.25) is 0 Å². The van der Waals surface area contributed by atoms with Crippen molar-refractivity contribution in [1.82, 2.24) is 5.32 Å². The first-order valence-electron chi connectivity index (χ1n) is 7.50. The molecule has 3 nitrogen and oxygen atoms in total. The van der Waals surface area contributed by atoms with Crippen LogP contribution in [0.3, 0.4) is 0 Å². The van der Waals surface area contributed by atoms with Gasteiger partial charge in [0.25, 0.3) is 0 Å². The van der Waals surface area contributed by atoms with Gasteiger partial charge in [0.15, 0.2) is 0 Å². The largest absolute Gasteiger partial charge is 0.392 e. The Bertz CT molecular complexity index is 648. The van der Waals surface area contributed by atoms with E-state index < -0.39 is 0 Å². The number of hydrogen-bond donors (Lipinski definition) is 2. The van der Waals surface area contributed by atoms with E-state index in [1.165, 1.54) is 4.90 Å². The molecule has 0 aliphatic carbocycles. The number of aliphatic hydroxyl groups excluding tert-OH is 1. The van der Waals surface area contributed by atoms with Crippen LogP contribution < -0.4 is 5.32 Å². The zero-order valence-electron chi connectivity index (χ0n) is 13.2. The minimum Gasteiger partial charge on any atom is -0.392 e. The normalized spacial score (nSPS) is 10.9. The maximum Gasteiger partial charge on any atom is 0.244 e. The molecule has 0 aliphatic heterocycles. The number of carbonyl (C=O) groups excluding carboxylic acids is 1. The van der Waals surface area contributed by atoms with Crippen molar-refractivity contribution in [2.24, 2.45) is 0 Å². The fourth-order valence-corrected chi connectivity index (χ4v) is 2.50. The Morgan fingerprint density at radius 3 is 2.35 bits per heavy atom. The molecular formula is C19H21NO2S.